The minimum Gasteiger partial charge on any atom is -0.308 e. The third-order valence-electron chi connectivity index (χ3n) is 3.09. The van der Waals surface area contributed by atoms with E-state index in [1.165, 1.54) is 24.3 Å². The van der Waals surface area contributed by atoms with Crippen LogP contribution in [-0.4, -0.2) is 16.5 Å². The van der Waals surface area contributed by atoms with Gasteiger partial charge in [-0.05, 0) is 31.5 Å². The molecule has 0 saturated carbocycles. The lowest BCUT2D eigenvalue weighted by molar-refractivity contribution is 0.411. The number of pyridine rings is 1. The molecule has 1 fully saturated rings. The Morgan fingerprint density at radius 1 is 1.35 bits per heavy atom. The highest BCUT2D eigenvalue weighted by Gasteiger charge is 2.18. The molecule has 2 aromatic heterocycles. The standard InChI is InChI=1S/C13H15N3S/c1-2-7-15-11(5-1)13-16-12(9-17-13)10-4-3-6-14-8-10/h3-4,6,8-9,11,15H,1-2,5,7H2. The minimum atomic E-state index is 0.458. The lowest BCUT2D eigenvalue weighted by atomic mass is 10.1. The first-order valence-electron chi connectivity index (χ1n) is 6.03. The smallest absolute Gasteiger partial charge is 0.110 e. The molecule has 1 atom stereocenters. The summed E-state index contributed by atoms with van der Waals surface area (Å²) in [6.45, 7) is 1.12. The lowest BCUT2D eigenvalue weighted by Crippen LogP contribution is -2.26. The number of rotatable bonds is 2. The van der Waals surface area contributed by atoms with Crippen molar-refractivity contribution in [1.29, 1.82) is 0 Å². The van der Waals surface area contributed by atoms with Gasteiger partial charge in [0.15, 0.2) is 0 Å². The molecule has 3 nitrogen and oxygen atoms in total. The predicted octanol–water partition coefficient (Wildman–Crippen LogP) is 3.02. The molecular formula is C13H15N3S. The normalized spacial score (nSPS) is 20.4. The summed E-state index contributed by atoms with van der Waals surface area (Å²) >= 11 is 1.75. The summed E-state index contributed by atoms with van der Waals surface area (Å²) in [6, 6.07) is 4.46. The molecule has 1 aliphatic heterocycles. The van der Waals surface area contributed by atoms with Crippen LogP contribution in [0.5, 0.6) is 0 Å². The number of nitrogens with zero attached hydrogens (tertiary/aromatic N) is 2. The SMILES string of the molecule is c1cncc(-c2csc(C3CCCCN3)n2)c1. The third kappa shape index (κ3) is 2.37. The van der Waals surface area contributed by atoms with Crippen molar-refractivity contribution in [2.24, 2.45) is 0 Å². The molecule has 2 aromatic rings. The summed E-state index contributed by atoms with van der Waals surface area (Å²) in [7, 11) is 0. The second-order valence-corrected chi connectivity index (χ2v) is 5.20. The topological polar surface area (TPSA) is 37.8 Å². The monoisotopic (exact) mass is 245 g/mol. The van der Waals surface area contributed by atoms with Gasteiger partial charge in [-0.3, -0.25) is 4.98 Å². The Labute approximate surface area is 105 Å². The van der Waals surface area contributed by atoms with Crippen LogP contribution in [0.3, 0.4) is 0 Å². The molecule has 0 aromatic carbocycles. The van der Waals surface area contributed by atoms with E-state index < -0.39 is 0 Å². The van der Waals surface area contributed by atoms with E-state index in [1.807, 2.05) is 12.3 Å². The zero-order chi connectivity index (χ0) is 11.5. The van der Waals surface area contributed by atoms with Crippen LogP contribution in [0.2, 0.25) is 0 Å². The Morgan fingerprint density at radius 3 is 3.12 bits per heavy atom. The fourth-order valence-electron chi connectivity index (χ4n) is 2.16. The molecule has 0 spiro atoms. The van der Waals surface area contributed by atoms with Crippen LogP contribution in [0, 0.1) is 0 Å². The number of aromatic nitrogens is 2. The van der Waals surface area contributed by atoms with Gasteiger partial charge in [0, 0.05) is 23.3 Å². The van der Waals surface area contributed by atoms with Gasteiger partial charge < -0.3 is 5.32 Å². The van der Waals surface area contributed by atoms with E-state index in [0.29, 0.717) is 6.04 Å². The molecule has 17 heavy (non-hydrogen) atoms. The highest BCUT2D eigenvalue weighted by molar-refractivity contribution is 7.10. The summed E-state index contributed by atoms with van der Waals surface area (Å²) in [6.07, 6.45) is 7.46. The van der Waals surface area contributed by atoms with Crippen molar-refractivity contribution in [2.75, 3.05) is 6.54 Å². The molecule has 1 unspecified atom stereocenters. The number of nitrogens with one attached hydrogen (secondary N) is 1. The van der Waals surface area contributed by atoms with Gasteiger partial charge in [-0.1, -0.05) is 6.42 Å². The summed E-state index contributed by atoms with van der Waals surface area (Å²) in [5, 5.41) is 6.87. The van der Waals surface area contributed by atoms with Gasteiger partial charge in [-0.15, -0.1) is 11.3 Å². The number of hydrogen-bond acceptors (Lipinski definition) is 4. The Hall–Kier alpha value is -1.26. The molecule has 0 amide bonds. The Kier molecular flexibility index (Phi) is 3.16. The van der Waals surface area contributed by atoms with Crippen molar-refractivity contribution in [2.45, 2.75) is 25.3 Å². The van der Waals surface area contributed by atoms with Crippen molar-refractivity contribution >= 4 is 11.3 Å². The fourth-order valence-corrected chi connectivity index (χ4v) is 3.09. The van der Waals surface area contributed by atoms with Crippen LogP contribution >= 0.6 is 11.3 Å². The van der Waals surface area contributed by atoms with Crippen LogP contribution in [0.1, 0.15) is 30.3 Å². The van der Waals surface area contributed by atoms with Gasteiger partial charge >= 0.3 is 0 Å². The van der Waals surface area contributed by atoms with Gasteiger partial charge in [0.25, 0.3) is 0 Å². The summed E-state index contributed by atoms with van der Waals surface area (Å²) in [4.78, 5) is 8.85. The number of piperidine rings is 1. The quantitative estimate of drug-likeness (QED) is 0.883. The molecule has 1 N–H and O–H groups in total. The Bertz CT molecular complexity index is 474. The highest BCUT2D eigenvalue weighted by atomic mass is 32.1. The van der Waals surface area contributed by atoms with Gasteiger partial charge in [0.1, 0.15) is 5.01 Å². The summed E-state index contributed by atoms with van der Waals surface area (Å²) < 4.78 is 0. The molecule has 4 heteroatoms. The highest BCUT2D eigenvalue weighted by Crippen LogP contribution is 2.29. The first-order valence-corrected chi connectivity index (χ1v) is 6.90. The van der Waals surface area contributed by atoms with E-state index in [-0.39, 0.29) is 0 Å². The predicted molar refractivity (Wildman–Crippen MR) is 69.9 cm³/mol. The fraction of sp³-hybridized carbons (Fsp3) is 0.385. The average molecular weight is 245 g/mol. The lowest BCUT2D eigenvalue weighted by Gasteiger charge is -2.21. The minimum absolute atomic E-state index is 0.458. The van der Waals surface area contributed by atoms with E-state index in [0.717, 1.165) is 17.8 Å². The van der Waals surface area contributed by atoms with Crippen LogP contribution < -0.4 is 5.32 Å². The van der Waals surface area contributed by atoms with E-state index in [1.54, 1.807) is 17.5 Å². The maximum atomic E-state index is 4.72. The second-order valence-electron chi connectivity index (χ2n) is 4.32. The number of hydrogen-bond donors (Lipinski definition) is 1. The summed E-state index contributed by atoms with van der Waals surface area (Å²) in [5.41, 5.74) is 2.15. The molecule has 0 bridgehead atoms. The first kappa shape index (κ1) is 10.9. The molecule has 0 radical (unpaired) electrons. The van der Waals surface area contributed by atoms with Gasteiger partial charge in [0.2, 0.25) is 0 Å². The van der Waals surface area contributed by atoms with Crippen molar-refractivity contribution in [3.63, 3.8) is 0 Å². The van der Waals surface area contributed by atoms with Crippen molar-refractivity contribution in [1.82, 2.24) is 15.3 Å². The molecule has 3 heterocycles. The molecule has 0 aliphatic carbocycles. The van der Waals surface area contributed by atoms with Crippen LogP contribution in [0.15, 0.2) is 29.9 Å². The van der Waals surface area contributed by atoms with E-state index in [2.05, 4.69) is 21.7 Å². The Balaban J connectivity index is 1.83. The van der Waals surface area contributed by atoms with Crippen LogP contribution in [0.25, 0.3) is 11.3 Å². The average Bonchev–Trinajstić information content (AvgIpc) is 2.90. The zero-order valence-electron chi connectivity index (χ0n) is 9.60. The van der Waals surface area contributed by atoms with Crippen LogP contribution in [0.4, 0.5) is 0 Å². The molecule has 88 valence electrons. The van der Waals surface area contributed by atoms with Gasteiger partial charge in [-0.25, -0.2) is 4.98 Å². The van der Waals surface area contributed by atoms with E-state index >= 15 is 0 Å². The summed E-state index contributed by atoms with van der Waals surface area (Å²) in [5.74, 6) is 0. The molecule has 1 saturated heterocycles. The molecule has 3 rings (SSSR count). The van der Waals surface area contributed by atoms with Crippen molar-refractivity contribution < 1.29 is 0 Å². The van der Waals surface area contributed by atoms with Gasteiger partial charge in [-0.2, -0.15) is 0 Å². The maximum Gasteiger partial charge on any atom is 0.110 e. The first-order chi connectivity index (χ1) is 8.43. The number of thiazole rings is 1. The van der Waals surface area contributed by atoms with Crippen molar-refractivity contribution in [3.05, 3.63) is 34.9 Å². The maximum absolute atomic E-state index is 4.72. The molecular weight excluding hydrogens is 230 g/mol. The largest absolute Gasteiger partial charge is 0.308 e. The molecule has 1 aliphatic rings. The van der Waals surface area contributed by atoms with Crippen molar-refractivity contribution in [3.8, 4) is 11.3 Å². The van der Waals surface area contributed by atoms with Gasteiger partial charge in [0.05, 0.1) is 11.7 Å². The Morgan fingerprint density at radius 2 is 2.35 bits per heavy atom. The van der Waals surface area contributed by atoms with Crippen LogP contribution in [-0.2, 0) is 0 Å². The van der Waals surface area contributed by atoms with E-state index in [4.69, 9.17) is 4.98 Å². The third-order valence-corrected chi connectivity index (χ3v) is 4.05. The second kappa shape index (κ2) is 4.94. The zero-order valence-corrected chi connectivity index (χ0v) is 10.4. The van der Waals surface area contributed by atoms with E-state index in [9.17, 15) is 0 Å².